The highest BCUT2D eigenvalue weighted by Gasteiger charge is 2.11. The first-order chi connectivity index (χ1) is 13.0. The zero-order chi connectivity index (χ0) is 19.2. The van der Waals surface area contributed by atoms with E-state index < -0.39 is 0 Å². The highest BCUT2D eigenvalue weighted by molar-refractivity contribution is 5.87. The summed E-state index contributed by atoms with van der Waals surface area (Å²) in [6, 6.07) is 11.6. The van der Waals surface area contributed by atoms with Gasteiger partial charge in [-0.05, 0) is 26.8 Å². The molecule has 0 saturated heterocycles. The van der Waals surface area contributed by atoms with E-state index in [0.29, 0.717) is 24.7 Å². The lowest BCUT2D eigenvalue weighted by atomic mass is 10.1. The van der Waals surface area contributed by atoms with Gasteiger partial charge in [-0.2, -0.15) is 4.98 Å². The van der Waals surface area contributed by atoms with Crippen molar-refractivity contribution in [3.63, 3.8) is 0 Å². The first-order valence-corrected chi connectivity index (χ1v) is 8.88. The van der Waals surface area contributed by atoms with Gasteiger partial charge in [0.15, 0.2) is 0 Å². The second kappa shape index (κ2) is 8.39. The minimum atomic E-state index is -0.352. The summed E-state index contributed by atoms with van der Waals surface area (Å²) in [7, 11) is 0. The molecular formula is C19H23N7O. The highest BCUT2D eigenvalue weighted by Crippen LogP contribution is 2.15. The van der Waals surface area contributed by atoms with Crippen LogP contribution in [0, 0.1) is 6.92 Å². The number of aryl methyl sites for hydroxylation is 1. The molecule has 0 spiro atoms. The summed E-state index contributed by atoms with van der Waals surface area (Å²) >= 11 is 0. The molecule has 0 aliphatic heterocycles. The van der Waals surface area contributed by atoms with Crippen LogP contribution in [0.3, 0.4) is 0 Å². The largest absolute Gasteiger partial charge is 0.337 e. The lowest BCUT2D eigenvalue weighted by Gasteiger charge is -2.06. The monoisotopic (exact) mass is 365 g/mol. The molecule has 2 heterocycles. The van der Waals surface area contributed by atoms with Crippen LogP contribution in [0.15, 0.2) is 42.6 Å². The molecule has 2 amide bonds. The minimum absolute atomic E-state index is 0.185. The van der Waals surface area contributed by atoms with E-state index in [2.05, 4.69) is 30.7 Å². The van der Waals surface area contributed by atoms with Gasteiger partial charge >= 0.3 is 6.03 Å². The summed E-state index contributed by atoms with van der Waals surface area (Å²) in [5.74, 6) is 1.72. The van der Waals surface area contributed by atoms with Crippen molar-refractivity contribution < 1.29 is 4.79 Å². The molecule has 140 valence electrons. The molecule has 1 aromatic carbocycles. The predicted molar refractivity (Wildman–Crippen MR) is 103 cm³/mol. The van der Waals surface area contributed by atoms with E-state index in [9.17, 15) is 4.79 Å². The summed E-state index contributed by atoms with van der Waals surface area (Å²) in [5, 5.41) is 9.69. The fraction of sp³-hybridized carbons (Fsp3) is 0.316. The molecule has 0 atom stereocenters. The van der Waals surface area contributed by atoms with Crippen molar-refractivity contribution in [2.24, 2.45) is 0 Å². The molecule has 0 saturated carbocycles. The number of carbonyl (C=O) groups excluding carboxylic acids is 1. The number of anilines is 1. The Labute approximate surface area is 158 Å². The van der Waals surface area contributed by atoms with Crippen LogP contribution in [0.4, 0.5) is 10.7 Å². The number of hydrogen-bond acceptors (Lipinski definition) is 5. The fourth-order valence-electron chi connectivity index (χ4n) is 2.67. The molecule has 0 unspecified atom stereocenters. The number of amides is 2. The molecule has 2 aromatic heterocycles. The molecule has 8 nitrogen and oxygen atoms in total. The van der Waals surface area contributed by atoms with E-state index in [1.165, 1.54) is 0 Å². The van der Waals surface area contributed by atoms with Gasteiger partial charge in [0.1, 0.15) is 11.6 Å². The van der Waals surface area contributed by atoms with Gasteiger partial charge in [-0.25, -0.2) is 19.4 Å². The Kier molecular flexibility index (Phi) is 5.75. The first-order valence-electron chi connectivity index (χ1n) is 8.88. The average molecular weight is 365 g/mol. The van der Waals surface area contributed by atoms with Crippen LogP contribution in [-0.2, 0) is 6.42 Å². The number of hydrogen-bond donors (Lipinski definition) is 2. The van der Waals surface area contributed by atoms with Crippen LogP contribution >= 0.6 is 0 Å². The van der Waals surface area contributed by atoms with Crippen LogP contribution in [-0.4, -0.2) is 37.3 Å². The summed E-state index contributed by atoms with van der Waals surface area (Å²) in [4.78, 5) is 25.1. The Morgan fingerprint density at radius 1 is 1.15 bits per heavy atom. The van der Waals surface area contributed by atoms with Crippen molar-refractivity contribution in [1.82, 2.24) is 30.0 Å². The number of urea groups is 1. The zero-order valence-electron chi connectivity index (χ0n) is 15.7. The number of nitrogens with zero attached hydrogens (tertiary/aromatic N) is 5. The lowest BCUT2D eigenvalue weighted by Crippen LogP contribution is -2.31. The van der Waals surface area contributed by atoms with E-state index >= 15 is 0 Å². The van der Waals surface area contributed by atoms with Crippen molar-refractivity contribution in [2.45, 2.75) is 33.2 Å². The Balaban J connectivity index is 1.52. The van der Waals surface area contributed by atoms with Crippen LogP contribution in [0.1, 0.15) is 31.5 Å². The van der Waals surface area contributed by atoms with Gasteiger partial charge in [-0.1, -0.05) is 30.3 Å². The van der Waals surface area contributed by atoms with E-state index in [0.717, 1.165) is 17.1 Å². The Morgan fingerprint density at radius 2 is 1.93 bits per heavy atom. The molecule has 0 radical (unpaired) electrons. The summed E-state index contributed by atoms with van der Waals surface area (Å²) in [5.41, 5.74) is 1.90. The maximum Gasteiger partial charge on any atom is 0.321 e. The fourth-order valence-corrected chi connectivity index (χ4v) is 2.67. The number of aromatic nitrogens is 5. The van der Waals surface area contributed by atoms with Gasteiger partial charge < -0.3 is 5.32 Å². The normalized spacial score (nSPS) is 10.8. The SMILES string of the molecule is Cc1nc(NC(=O)NCCc2nccc(-c3ccccc3)n2)nn1C(C)C. The van der Waals surface area contributed by atoms with Gasteiger partial charge in [-0.3, -0.25) is 5.32 Å². The molecule has 2 N–H and O–H groups in total. The third-order valence-electron chi connectivity index (χ3n) is 3.93. The van der Waals surface area contributed by atoms with E-state index in [1.54, 1.807) is 10.9 Å². The van der Waals surface area contributed by atoms with E-state index in [1.807, 2.05) is 57.2 Å². The molecule has 0 fully saturated rings. The smallest absolute Gasteiger partial charge is 0.321 e. The molecule has 27 heavy (non-hydrogen) atoms. The standard InChI is InChI=1S/C19H23N7O/c1-13(2)26-14(3)22-18(25-26)24-19(27)21-12-10-17-20-11-9-16(23-17)15-7-5-4-6-8-15/h4-9,11,13H,10,12H2,1-3H3,(H2,21,24,25,27). The predicted octanol–water partition coefficient (Wildman–Crippen LogP) is 2.99. The molecule has 8 heteroatoms. The van der Waals surface area contributed by atoms with Crippen LogP contribution in [0.2, 0.25) is 0 Å². The average Bonchev–Trinajstić information content (AvgIpc) is 3.03. The Morgan fingerprint density at radius 3 is 2.63 bits per heavy atom. The molecule has 0 aliphatic carbocycles. The van der Waals surface area contributed by atoms with Crippen LogP contribution in [0.25, 0.3) is 11.3 Å². The third-order valence-corrected chi connectivity index (χ3v) is 3.93. The molecule has 0 bridgehead atoms. The van der Waals surface area contributed by atoms with Crippen LogP contribution in [0.5, 0.6) is 0 Å². The van der Waals surface area contributed by atoms with E-state index in [4.69, 9.17) is 0 Å². The maximum atomic E-state index is 12.0. The number of benzene rings is 1. The first kappa shape index (κ1) is 18.5. The van der Waals surface area contributed by atoms with Gasteiger partial charge in [0.2, 0.25) is 5.95 Å². The summed E-state index contributed by atoms with van der Waals surface area (Å²) < 4.78 is 1.76. The van der Waals surface area contributed by atoms with Crippen molar-refractivity contribution in [1.29, 1.82) is 0 Å². The zero-order valence-corrected chi connectivity index (χ0v) is 15.7. The second-order valence-corrected chi connectivity index (χ2v) is 6.38. The van der Waals surface area contributed by atoms with Crippen molar-refractivity contribution in [2.75, 3.05) is 11.9 Å². The van der Waals surface area contributed by atoms with Crippen molar-refractivity contribution >= 4 is 12.0 Å². The highest BCUT2D eigenvalue weighted by atomic mass is 16.2. The Bertz CT molecular complexity index is 905. The summed E-state index contributed by atoms with van der Waals surface area (Å²) in [6.45, 7) is 6.28. The van der Waals surface area contributed by atoms with Gasteiger partial charge in [0.25, 0.3) is 0 Å². The minimum Gasteiger partial charge on any atom is -0.337 e. The van der Waals surface area contributed by atoms with Crippen molar-refractivity contribution in [3.05, 3.63) is 54.2 Å². The quantitative estimate of drug-likeness (QED) is 0.700. The lowest BCUT2D eigenvalue weighted by molar-refractivity contribution is 0.252. The van der Waals surface area contributed by atoms with Gasteiger partial charge in [-0.15, -0.1) is 5.10 Å². The van der Waals surface area contributed by atoms with Crippen molar-refractivity contribution in [3.8, 4) is 11.3 Å². The van der Waals surface area contributed by atoms with Crippen LogP contribution < -0.4 is 10.6 Å². The third kappa shape index (κ3) is 4.87. The Hall–Kier alpha value is -3.29. The summed E-state index contributed by atoms with van der Waals surface area (Å²) in [6.07, 6.45) is 2.26. The molecule has 3 aromatic rings. The number of carbonyl (C=O) groups is 1. The molecular weight excluding hydrogens is 342 g/mol. The second-order valence-electron chi connectivity index (χ2n) is 6.38. The van der Waals surface area contributed by atoms with Gasteiger partial charge in [0, 0.05) is 30.8 Å². The molecule has 0 aliphatic rings. The maximum absolute atomic E-state index is 12.0. The number of rotatable bonds is 6. The number of nitrogens with one attached hydrogen (secondary N) is 2. The topological polar surface area (TPSA) is 97.6 Å². The van der Waals surface area contributed by atoms with E-state index in [-0.39, 0.29) is 12.1 Å². The molecule has 3 rings (SSSR count). The van der Waals surface area contributed by atoms with Gasteiger partial charge in [0.05, 0.1) is 5.69 Å².